The normalized spacial score (nSPS) is 9.94. The number of hydrogen-bond donors (Lipinski definition) is 2. The number of esters is 2. The third-order valence-corrected chi connectivity index (χ3v) is 6.72. The number of anilines is 2. The highest BCUT2D eigenvalue weighted by Gasteiger charge is 2.23. The number of amides is 2. The van der Waals surface area contributed by atoms with Gasteiger partial charge >= 0.3 is 11.9 Å². The summed E-state index contributed by atoms with van der Waals surface area (Å²) in [5.74, 6) is -2.30. The fourth-order valence-electron chi connectivity index (χ4n) is 2.65. The number of nitrogens with zero attached hydrogens (tertiary/aromatic N) is 2. The van der Waals surface area contributed by atoms with E-state index in [1.54, 1.807) is 13.8 Å². The molecule has 10 nitrogen and oxygen atoms in total. The van der Waals surface area contributed by atoms with Crippen molar-refractivity contribution in [3.8, 4) is 12.1 Å². The first-order chi connectivity index (χ1) is 15.2. The van der Waals surface area contributed by atoms with Crippen molar-refractivity contribution in [3.05, 3.63) is 32.0 Å². The molecule has 0 saturated carbocycles. The van der Waals surface area contributed by atoms with Gasteiger partial charge in [0.05, 0.1) is 25.3 Å². The molecule has 32 heavy (non-hydrogen) atoms. The number of nitrogens with one attached hydrogen (secondary N) is 2. The van der Waals surface area contributed by atoms with Crippen molar-refractivity contribution in [3.63, 3.8) is 0 Å². The van der Waals surface area contributed by atoms with Crippen molar-refractivity contribution in [1.82, 2.24) is 0 Å². The molecule has 2 aromatic rings. The maximum absolute atomic E-state index is 12.3. The molecule has 2 rings (SSSR count). The molecule has 12 heteroatoms. The lowest BCUT2D eigenvalue weighted by Gasteiger charge is -2.05. The van der Waals surface area contributed by atoms with Gasteiger partial charge in [-0.1, -0.05) is 0 Å². The minimum absolute atomic E-state index is 0.149. The number of carbonyl (C=O) groups is 4. The molecule has 0 atom stereocenters. The van der Waals surface area contributed by atoms with Gasteiger partial charge in [-0.3, -0.25) is 9.59 Å². The molecule has 2 amide bonds. The zero-order valence-corrected chi connectivity index (χ0v) is 19.2. The van der Waals surface area contributed by atoms with Crippen LogP contribution in [-0.4, -0.2) is 38.0 Å². The standard InChI is InChI=1S/C20H18N4O6S2/c1-9-11(7-21)17(31-15(9)19(27)29-3)23-13(25)5-6-14(26)24-18-12(8-22)10(2)16(32-18)20(28)30-4/h5-6H2,1-4H3,(H,23,25)(H,24,26). The molecule has 0 fully saturated rings. The van der Waals surface area contributed by atoms with Crippen molar-refractivity contribution in [2.45, 2.75) is 26.7 Å². The van der Waals surface area contributed by atoms with Crippen molar-refractivity contribution in [1.29, 1.82) is 10.5 Å². The van der Waals surface area contributed by atoms with Crippen LogP contribution in [0.1, 0.15) is 54.4 Å². The van der Waals surface area contributed by atoms with E-state index in [0.717, 1.165) is 22.7 Å². The molecular formula is C20H18N4O6S2. The summed E-state index contributed by atoms with van der Waals surface area (Å²) in [5, 5.41) is 24.1. The Bertz CT molecular complexity index is 1090. The van der Waals surface area contributed by atoms with E-state index in [1.807, 2.05) is 12.1 Å². The van der Waals surface area contributed by atoms with E-state index in [4.69, 9.17) is 0 Å². The number of methoxy groups -OCH3 is 2. The molecule has 0 bridgehead atoms. The monoisotopic (exact) mass is 474 g/mol. The summed E-state index contributed by atoms with van der Waals surface area (Å²) >= 11 is 1.83. The third-order valence-electron chi connectivity index (χ3n) is 4.34. The molecule has 0 unspecified atom stereocenters. The van der Waals surface area contributed by atoms with Crippen LogP contribution in [0.15, 0.2) is 0 Å². The van der Waals surface area contributed by atoms with Crippen LogP contribution >= 0.6 is 22.7 Å². The van der Waals surface area contributed by atoms with Gasteiger partial charge in [-0.25, -0.2) is 9.59 Å². The number of carbonyl (C=O) groups excluding carboxylic acids is 4. The molecule has 0 radical (unpaired) electrons. The van der Waals surface area contributed by atoms with Gasteiger partial charge in [0.25, 0.3) is 0 Å². The Morgan fingerprint density at radius 1 is 0.781 bits per heavy atom. The van der Waals surface area contributed by atoms with E-state index in [0.29, 0.717) is 11.1 Å². The molecule has 0 aromatic carbocycles. The zero-order chi connectivity index (χ0) is 24.0. The molecule has 166 valence electrons. The second kappa shape index (κ2) is 10.5. The summed E-state index contributed by atoms with van der Waals surface area (Å²) < 4.78 is 9.33. The molecular weight excluding hydrogens is 456 g/mol. The highest BCUT2D eigenvalue weighted by atomic mass is 32.1. The predicted octanol–water partition coefficient (Wildman–Crippen LogP) is 3.10. The number of ether oxygens (including phenoxy) is 2. The summed E-state index contributed by atoms with van der Waals surface area (Å²) in [6, 6.07) is 3.88. The first-order valence-corrected chi connectivity index (χ1v) is 10.6. The fourth-order valence-corrected chi connectivity index (χ4v) is 4.84. The van der Waals surface area contributed by atoms with Crippen molar-refractivity contribution in [2.24, 2.45) is 0 Å². The number of hydrogen-bond acceptors (Lipinski definition) is 10. The van der Waals surface area contributed by atoms with Crippen LogP contribution in [0, 0.1) is 36.5 Å². The van der Waals surface area contributed by atoms with Gasteiger partial charge in [0.15, 0.2) is 0 Å². The van der Waals surface area contributed by atoms with Crippen LogP contribution in [-0.2, 0) is 19.1 Å². The summed E-state index contributed by atoms with van der Waals surface area (Å²) in [6.45, 7) is 3.14. The van der Waals surface area contributed by atoms with Gasteiger partial charge in [-0.05, 0) is 25.0 Å². The first kappa shape index (κ1) is 24.5. The number of thiophene rings is 2. The van der Waals surface area contributed by atoms with Crippen molar-refractivity contribution < 1.29 is 28.7 Å². The summed E-state index contributed by atoms with van der Waals surface area (Å²) in [5.41, 5.74) is 1.10. The van der Waals surface area contributed by atoms with Gasteiger partial charge in [-0.2, -0.15) is 10.5 Å². The van der Waals surface area contributed by atoms with Crippen LogP contribution in [0.2, 0.25) is 0 Å². The van der Waals surface area contributed by atoms with Gasteiger partial charge in [0.2, 0.25) is 11.8 Å². The molecule has 0 aliphatic rings. The summed E-state index contributed by atoms with van der Waals surface area (Å²) in [6.07, 6.45) is -0.422. The maximum atomic E-state index is 12.3. The quantitative estimate of drug-likeness (QED) is 0.579. The van der Waals surface area contributed by atoms with Gasteiger partial charge < -0.3 is 20.1 Å². The second-order valence-electron chi connectivity index (χ2n) is 6.32. The van der Waals surface area contributed by atoms with Crippen LogP contribution in [0.25, 0.3) is 0 Å². The molecule has 2 aromatic heterocycles. The maximum Gasteiger partial charge on any atom is 0.348 e. The van der Waals surface area contributed by atoms with E-state index in [2.05, 4.69) is 20.1 Å². The zero-order valence-electron chi connectivity index (χ0n) is 17.6. The van der Waals surface area contributed by atoms with E-state index in [9.17, 15) is 29.7 Å². The Balaban J connectivity index is 2.05. The summed E-state index contributed by atoms with van der Waals surface area (Å²) in [4.78, 5) is 48.6. The van der Waals surface area contributed by atoms with Crippen LogP contribution in [0.3, 0.4) is 0 Å². The van der Waals surface area contributed by atoms with E-state index in [1.165, 1.54) is 14.2 Å². The van der Waals surface area contributed by atoms with Crippen molar-refractivity contribution >= 4 is 56.4 Å². The average molecular weight is 475 g/mol. The predicted molar refractivity (Wildman–Crippen MR) is 117 cm³/mol. The highest BCUT2D eigenvalue weighted by Crippen LogP contribution is 2.34. The summed E-state index contributed by atoms with van der Waals surface area (Å²) in [7, 11) is 2.43. The Hall–Kier alpha value is -3.74. The largest absolute Gasteiger partial charge is 0.465 e. The molecule has 0 aliphatic carbocycles. The third kappa shape index (κ3) is 5.11. The molecule has 0 aliphatic heterocycles. The average Bonchev–Trinajstić information content (AvgIpc) is 3.26. The minimum Gasteiger partial charge on any atom is -0.465 e. The smallest absolute Gasteiger partial charge is 0.348 e. The van der Waals surface area contributed by atoms with Gasteiger partial charge in [0.1, 0.15) is 31.9 Å². The Labute approximate surface area is 191 Å². The second-order valence-corrected chi connectivity index (χ2v) is 8.36. The molecule has 0 saturated heterocycles. The lowest BCUT2D eigenvalue weighted by molar-refractivity contribution is -0.121. The van der Waals surface area contributed by atoms with Gasteiger partial charge in [0, 0.05) is 12.8 Å². The minimum atomic E-state index is -0.616. The van der Waals surface area contributed by atoms with Crippen LogP contribution < -0.4 is 10.6 Å². The SMILES string of the molecule is COC(=O)c1sc(NC(=O)CCC(=O)Nc2sc(C(=O)OC)c(C)c2C#N)c(C#N)c1C. The molecule has 2 N–H and O–H groups in total. The number of rotatable bonds is 7. The van der Waals surface area contributed by atoms with E-state index < -0.39 is 23.8 Å². The number of nitriles is 2. The topological polar surface area (TPSA) is 158 Å². The van der Waals surface area contributed by atoms with Gasteiger partial charge in [-0.15, -0.1) is 22.7 Å². The molecule has 0 spiro atoms. The van der Waals surface area contributed by atoms with E-state index >= 15 is 0 Å². The van der Waals surface area contributed by atoms with Crippen molar-refractivity contribution in [2.75, 3.05) is 24.9 Å². The Morgan fingerprint density at radius 3 is 1.41 bits per heavy atom. The highest BCUT2D eigenvalue weighted by molar-refractivity contribution is 7.19. The lowest BCUT2D eigenvalue weighted by Crippen LogP contribution is -2.17. The fraction of sp³-hybridized carbons (Fsp3) is 0.300. The molecule has 2 heterocycles. The Kier molecular flexibility index (Phi) is 8.07. The van der Waals surface area contributed by atoms with E-state index in [-0.39, 0.29) is 43.7 Å². The lowest BCUT2D eigenvalue weighted by atomic mass is 10.1. The van der Waals surface area contributed by atoms with Crippen LogP contribution in [0.4, 0.5) is 10.0 Å². The van der Waals surface area contributed by atoms with Crippen LogP contribution in [0.5, 0.6) is 0 Å². The Morgan fingerprint density at radius 2 is 1.12 bits per heavy atom. The first-order valence-electron chi connectivity index (χ1n) is 9.01.